The number of hydrogen-bond acceptors (Lipinski definition) is 2. The lowest BCUT2D eigenvalue weighted by Crippen LogP contribution is -2.11. The second-order valence-corrected chi connectivity index (χ2v) is 5.68. The van der Waals surface area contributed by atoms with Gasteiger partial charge in [-0.2, -0.15) is 0 Å². The Hall–Kier alpha value is -0.540. The molecule has 16 heavy (non-hydrogen) atoms. The molecule has 1 aromatic heterocycles. The van der Waals surface area contributed by atoms with Gasteiger partial charge in [-0.25, -0.2) is 0 Å². The number of benzene rings is 1. The molecule has 0 spiro atoms. The molecule has 1 nitrogen and oxygen atoms in total. The van der Waals surface area contributed by atoms with Gasteiger partial charge < -0.3 is 5.32 Å². The van der Waals surface area contributed by atoms with Crippen LogP contribution in [0.1, 0.15) is 10.4 Å². The zero-order valence-electron chi connectivity index (χ0n) is 8.54. The Morgan fingerprint density at radius 2 is 1.94 bits per heavy atom. The van der Waals surface area contributed by atoms with Crippen molar-refractivity contribution in [1.82, 2.24) is 5.32 Å². The van der Waals surface area contributed by atoms with E-state index in [-0.39, 0.29) is 0 Å². The molecule has 0 unspecified atom stereocenters. The van der Waals surface area contributed by atoms with Gasteiger partial charge in [-0.3, -0.25) is 0 Å². The van der Waals surface area contributed by atoms with Gasteiger partial charge in [0.25, 0.3) is 0 Å². The van der Waals surface area contributed by atoms with Crippen LogP contribution in [0.2, 0.25) is 9.36 Å². The third kappa shape index (κ3) is 3.49. The Morgan fingerprint density at radius 1 is 1.06 bits per heavy atom. The Labute approximate surface area is 109 Å². The minimum Gasteiger partial charge on any atom is -0.308 e. The van der Waals surface area contributed by atoms with Crippen molar-refractivity contribution in [1.29, 1.82) is 0 Å². The Bertz CT molecular complexity index is 468. The fourth-order valence-electron chi connectivity index (χ4n) is 1.42. The predicted molar refractivity (Wildman–Crippen MR) is 71.3 cm³/mol. The lowest BCUT2D eigenvalue weighted by molar-refractivity contribution is 0.701. The lowest BCUT2D eigenvalue weighted by Gasteiger charge is -2.03. The van der Waals surface area contributed by atoms with E-state index in [9.17, 15) is 0 Å². The summed E-state index contributed by atoms with van der Waals surface area (Å²) in [5.74, 6) is 0. The van der Waals surface area contributed by atoms with Crippen LogP contribution in [0.15, 0.2) is 36.4 Å². The summed E-state index contributed by atoms with van der Waals surface area (Å²) in [5, 5.41) is 4.13. The van der Waals surface area contributed by atoms with E-state index >= 15 is 0 Å². The van der Waals surface area contributed by atoms with Crippen LogP contribution in [-0.2, 0) is 13.1 Å². The zero-order valence-corrected chi connectivity index (χ0v) is 10.9. The van der Waals surface area contributed by atoms with Crippen LogP contribution >= 0.6 is 34.5 Å². The summed E-state index contributed by atoms with van der Waals surface area (Å²) in [6.45, 7) is 1.65. The van der Waals surface area contributed by atoms with Crippen molar-refractivity contribution in [2.24, 2.45) is 0 Å². The molecule has 0 saturated carbocycles. The van der Waals surface area contributed by atoms with Crippen LogP contribution in [0.25, 0.3) is 0 Å². The van der Waals surface area contributed by atoms with Crippen molar-refractivity contribution >= 4 is 34.5 Å². The molecule has 1 aromatic carbocycles. The van der Waals surface area contributed by atoms with Gasteiger partial charge in [-0.15, -0.1) is 11.3 Å². The number of nitrogens with one attached hydrogen (secondary N) is 1. The maximum absolute atomic E-state index is 5.90. The molecule has 0 bridgehead atoms. The van der Waals surface area contributed by atoms with Gasteiger partial charge in [0.15, 0.2) is 0 Å². The van der Waals surface area contributed by atoms with Gasteiger partial charge in [0.2, 0.25) is 0 Å². The van der Waals surface area contributed by atoms with E-state index in [0.717, 1.165) is 22.4 Å². The molecule has 84 valence electrons. The van der Waals surface area contributed by atoms with Gasteiger partial charge in [-0.1, -0.05) is 35.3 Å². The highest BCUT2D eigenvalue weighted by atomic mass is 35.5. The number of hydrogen-bond donors (Lipinski definition) is 1. The van der Waals surface area contributed by atoms with E-state index in [4.69, 9.17) is 23.2 Å². The van der Waals surface area contributed by atoms with Gasteiger partial charge in [0.1, 0.15) is 0 Å². The van der Waals surface area contributed by atoms with Crippen LogP contribution in [0.3, 0.4) is 0 Å². The monoisotopic (exact) mass is 271 g/mol. The molecule has 1 N–H and O–H groups in total. The number of thiophene rings is 1. The van der Waals surface area contributed by atoms with Crippen molar-refractivity contribution in [2.45, 2.75) is 13.1 Å². The first kappa shape index (κ1) is 11.9. The summed E-state index contributed by atoms with van der Waals surface area (Å²) in [6, 6.07) is 11.8. The van der Waals surface area contributed by atoms with Crippen LogP contribution in [0, 0.1) is 0 Å². The molecule has 0 radical (unpaired) electrons. The SMILES string of the molecule is Clc1cccc(CNCc2ccc(Cl)s2)c1. The van der Waals surface area contributed by atoms with E-state index in [0.29, 0.717) is 0 Å². The van der Waals surface area contributed by atoms with Gasteiger partial charge in [0.05, 0.1) is 4.34 Å². The third-order valence-electron chi connectivity index (χ3n) is 2.15. The van der Waals surface area contributed by atoms with Crippen molar-refractivity contribution in [3.05, 3.63) is 56.2 Å². The molecular formula is C12H11Cl2NS. The van der Waals surface area contributed by atoms with Gasteiger partial charge in [-0.05, 0) is 29.8 Å². The molecule has 2 aromatic rings. The highest BCUT2D eigenvalue weighted by Gasteiger charge is 1.98. The lowest BCUT2D eigenvalue weighted by atomic mass is 10.2. The Morgan fingerprint density at radius 3 is 2.62 bits per heavy atom. The smallest absolute Gasteiger partial charge is 0.0931 e. The second-order valence-electron chi connectivity index (χ2n) is 3.44. The molecule has 0 aliphatic heterocycles. The van der Waals surface area contributed by atoms with Crippen molar-refractivity contribution in [2.75, 3.05) is 0 Å². The van der Waals surface area contributed by atoms with E-state index in [1.54, 1.807) is 11.3 Å². The summed E-state index contributed by atoms with van der Waals surface area (Å²) in [4.78, 5) is 1.24. The molecule has 2 rings (SSSR count). The first-order chi connectivity index (χ1) is 7.74. The maximum Gasteiger partial charge on any atom is 0.0931 e. The van der Waals surface area contributed by atoms with Crippen LogP contribution in [0.4, 0.5) is 0 Å². The molecule has 1 heterocycles. The average molecular weight is 272 g/mol. The van der Waals surface area contributed by atoms with E-state index in [1.165, 1.54) is 10.4 Å². The first-order valence-corrected chi connectivity index (χ1v) is 6.50. The summed E-state index contributed by atoms with van der Waals surface area (Å²) in [7, 11) is 0. The molecule has 0 atom stereocenters. The number of rotatable bonds is 4. The van der Waals surface area contributed by atoms with E-state index in [1.807, 2.05) is 30.3 Å². The second kappa shape index (κ2) is 5.69. The third-order valence-corrected chi connectivity index (χ3v) is 3.61. The van der Waals surface area contributed by atoms with Crippen molar-refractivity contribution in [3.63, 3.8) is 0 Å². The molecule has 0 aliphatic rings. The largest absolute Gasteiger partial charge is 0.308 e. The normalized spacial score (nSPS) is 10.6. The molecule has 0 aliphatic carbocycles. The standard InChI is InChI=1S/C12H11Cl2NS/c13-10-3-1-2-9(6-10)7-15-8-11-4-5-12(14)16-11/h1-6,15H,7-8H2. The van der Waals surface area contributed by atoms with Crippen LogP contribution < -0.4 is 5.32 Å². The zero-order chi connectivity index (χ0) is 11.4. The molecule has 0 saturated heterocycles. The van der Waals surface area contributed by atoms with Crippen molar-refractivity contribution < 1.29 is 0 Å². The van der Waals surface area contributed by atoms with E-state index < -0.39 is 0 Å². The summed E-state index contributed by atoms with van der Waals surface area (Å²) in [6.07, 6.45) is 0. The van der Waals surface area contributed by atoms with Crippen LogP contribution in [0.5, 0.6) is 0 Å². The van der Waals surface area contributed by atoms with E-state index in [2.05, 4.69) is 11.4 Å². The maximum atomic E-state index is 5.90. The highest BCUT2D eigenvalue weighted by molar-refractivity contribution is 7.16. The predicted octanol–water partition coefficient (Wildman–Crippen LogP) is 4.34. The van der Waals surface area contributed by atoms with Crippen molar-refractivity contribution in [3.8, 4) is 0 Å². The van der Waals surface area contributed by atoms with Crippen LogP contribution in [-0.4, -0.2) is 0 Å². The Balaban J connectivity index is 1.84. The molecular weight excluding hydrogens is 261 g/mol. The molecule has 0 amide bonds. The topological polar surface area (TPSA) is 12.0 Å². The minimum absolute atomic E-state index is 0.776. The van der Waals surface area contributed by atoms with Gasteiger partial charge >= 0.3 is 0 Å². The quantitative estimate of drug-likeness (QED) is 0.872. The summed E-state index contributed by atoms with van der Waals surface area (Å²) >= 11 is 13.4. The summed E-state index contributed by atoms with van der Waals surface area (Å²) in [5.41, 5.74) is 1.19. The molecule has 4 heteroatoms. The molecule has 0 fully saturated rings. The highest BCUT2D eigenvalue weighted by Crippen LogP contribution is 2.21. The fourth-order valence-corrected chi connectivity index (χ4v) is 2.69. The van der Waals surface area contributed by atoms with Gasteiger partial charge in [0, 0.05) is 23.0 Å². The fraction of sp³-hybridized carbons (Fsp3) is 0.167. The minimum atomic E-state index is 0.776. The Kier molecular flexibility index (Phi) is 4.24. The average Bonchev–Trinajstić information content (AvgIpc) is 2.64. The first-order valence-electron chi connectivity index (χ1n) is 4.93. The summed E-state index contributed by atoms with van der Waals surface area (Å²) < 4.78 is 0.833. The number of halogens is 2.